The number of imidazole rings is 1. The van der Waals surface area contributed by atoms with E-state index in [1.807, 2.05) is 40.5 Å². The van der Waals surface area contributed by atoms with Crippen LogP contribution >= 0.6 is 0 Å². The van der Waals surface area contributed by atoms with E-state index in [2.05, 4.69) is 28.3 Å². The second kappa shape index (κ2) is 8.13. The third-order valence-electron chi connectivity index (χ3n) is 5.95. The van der Waals surface area contributed by atoms with Crippen molar-refractivity contribution in [3.63, 3.8) is 0 Å². The number of hydrogen-bond acceptors (Lipinski definition) is 6. The van der Waals surface area contributed by atoms with Gasteiger partial charge >= 0.3 is 0 Å². The molecular weight excluding hydrogens is 392 g/mol. The summed E-state index contributed by atoms with van der Waals surface area (Å²) in [5, 5.41) is 4.76. The lowest BCUT2D eigenvalue weighted by atomic mass is 9.76. The molecule has 1 aliphatic carbocycles. The Hall–Kier alpha value is -3.23. The molecule has 8 heteroatoms. The fourth-order valence-corrected chi connectivity index (χ4v) is 4.28. The van der Waals surface area contributed by atoms with Gasteiger partial charge in [-0.1, -0.05) is 30.3 Å². The average molecular weight is 419 g/mol. The van der Waals surface area contributed by atoms with Crippen molar-refractivity contribution in [1.29, 1.82) is 0 Å². The molecule has 0 atom stereocenters. The van der Waals surface area contributed by atoms with Crippen LogP contribution in [0.5, 0.6) is 0 Å². The molecule has 31 heavy (non-hydrogen) atoms. The third-order valence-corrected chi connectivity index (χ3v) is 5.95. The third kappa shape index (κ3) is 3.58. The Kier molecular flexibility index (Phi) is 5.17. The number of aryl methyl sites for hydroxylation is 1. The van der Waals surface area contributed by atoms with E-state index in [1.165, 1.54) is 5.56 Å². The molecule has 3 heterocycles. The molecule has 0 bridgehead atoms. The summed E-state index contributed by atoms with van der Waals surface area (Å²) < 4.78 is 14.7. The van der Waals surface area contributed by atoms with Crippen LogP contribution in [0.1, 0.15) is 24.3 Å². The predicted molar refractivity (Wildman–Crippen MR) is 119 cm³/mol. The van der Waals surface area contributed by atoms with Crippen LogP contribution in [0.15, 0.2) is 48.9 Å². The molecule has 3 aromatic heterocycles. The van der Waals surface area contributed by atoms with Crippen LogP contribution in [0.2, 0.25) is 0 Å². The van der Waals surface area contributed by atoms with E-state index in [1.54, 1.807) is 13.3 Å². The van der Waals surface area contributed by atoms with Crippen molar-refractivity contribution in [3.05, 3.63) is 54.5 Å². The first kappa shape index (κ1) is 19.7. The molecule has 0 unspecified atom stereocenters. The van der Waals surface area contributed by atoms with Crippen molar-refractivity contribution < 1.29 is 9.47 Å². The Balaban J connectivity index is 1.56. The Morgan fingerprint density at radius 2 is 1.97 bits per heavy atom. The number of rotatable bonds is 7. The van der Waals surface area contributed by atoms with E-state index in [0.29, 0.717) is 36.6 Å². The van der Waals surface area contributed by atoms with Crippen LogP contribution in [0, 0.1) is 0 Å². The molecule has 1 aliphatic rings. The second-order valence-electron chi connectivity index (χ2n) is 7.95. The molecule has 0 saturated heterocycles. The van der Waals surface area contributed by atoms with Gasteiger partial charge < -0.3 is 19.8 Å². The first-order chi connectivity index (χ1) is 15.2. The highest BCUT2D eigenvalue weighted by molar-refractivity contribution is 5.91. The standard InChI is InChI=1S/C23H26N6O2/c1-28-9-8-25-23(28)22-26-21(24)20-19(15-6-4-3-5-7-15)18(14-29(20)27-22)16-12-17(13-16)31-11-10-30-2/h3-9,14,16-17H,10-13H2,1-2H3,(H2,24,26,27). The lowest BCUT2D eigenvalue weighted by Crippen LogP contribution is -2.30. The largest absolute Gasteiger partial charge is 0.382 e. The van der Waals surface area contributed by atoms with Gasteiger partial charge in [-0.05, 0) is 29.9 Å². The van der Waals surface area contributed by atoms with E-state index < -0.39 is 0 Å². The lowest BCUT2D eigenvalue weighted by Gasteiger charge is -2.35. The van der Waals surface area contributed by atoms with Crippen LogP contribution in [0.3, 0.4) is 0 Å². The van der Waals surface area contributed by atoms with Crippen molar-refractivity contribution in [2.24, 2.45) is 7.05 Å². The number of hydrogen-bond donors (Lipinski definition) is 1. The van der Waals surface area contributed by atoms with Gasteiger partial charge in [0.05, 0.1) is 19.3 Å². The summed E-state index contributed by atoms with van der Waals surface area (Å²) >= 11 is 0. The highest BCUT2D eigenvalue weighted by atomic mass is 16.5. The SMILES string of the molecule is COCCOC1CC(c2cn3nc(-c4nccn4C)nc(N)c3c2-c2ccccc2)C1. The van der Waals surface area contributed by atoms with E-state index in [0.717, 1.165) is 29.5 Å². The minimum absolute atomic E-state index is 0.262. The number of benzene rings is 1. The van der Waals surface area contributed by atoms with E-state index in [-0.39, 0.29) is 6.10 Å². The Labute approximate surface area is 180 Å². The number of ether oxygens (including phenoxy) is 2. The zero-order valence-electron chi connectivity index (χ0n) is 17.7. The first-order valence-electron chi connectivity index (χ1n) is 10.5. The molecule has 2 N–H and O–H groups in total. The summed E-state index contributed by atoms with van der Waals surface area (Å²) in [6.45, 7) is 1.25. The number of anilines is 1. The predicted octanol–water partition coefficient (Wildman–Crippen LogP) is 3.29. The van der Waals surface area contributed by atoms with Gasteiger partial charge in [-0.2, -0.15) is 0 Å². The van der Waals surface area contributed by atoms with Crippen molar-refractivity contribution >= 4 is 11.3 Å². The maximum absolute atomic E-state index is 6.49. The molecule has 0 aliphatic heterocycles. The number of aromatic nitrogens is 5. The quantitative estimate of drug-likeness (QED) is 0.463. The number of nitrogens with zero attached hydrogens (tertiary/aromatic N) is 5. The maximum atomic E-state index is 6.49. The molecule has 0 radical (unpaired) electrons. The van der Waals surface area contributed by atoms with Crippen molar-refractivity contribution in [3.8, 4) is 22.8 Å². The van der Waals surface area contributed by atoms with Crippen LogP contribution in [0.25, 0.3) is 28.3 Å². The topological polar surface area (TPSA) is 92.5 Å². The van der Waals surface area contributed by atoms with Crippen LogP contribution in [0.4, 0.5) is 5.82 Å². The van der Waals surface area contributed by atoms with Crippen LogP contribution in [-0.2, 0) is 16.5 Å². The molecular formula is C23H26N6O2. The summed E-state index contributed by atoms with van der Waals surface area (Å²) in [5.41, 5.74) is 10.8. The monoisotopic (exact) mass is 418 g/mol. The molecule has 0 amide bonds. The fraction of sp³-hybridized carbons (Fsp3) is 0.348. The molecule has 8 nitrogen and oxygen atoms in total. The van der Waals surface area contributed by atoms with E-state index >= 15 is 0 Å². The summed E-state index contributed by atoms with van der Waals surface area (Å²) in [4.78, 5) is 8.97. The summed E-state index contributed by atoms with van der Waals surface area (Å²) in [7, 11) is 3.61. The normalized spacial score (nSPS) is 18.4. The molecule has 5 rings (SSSR count). The van der Waals surface area contributed by atoms with E-state index in [4.69, 9.17) is 20.3 Å². The Morgan fingerprint density at radius 1 is 1.16 bits per heavy atom. The van der Waals surface area contributed by atoms with Crippen molar-refractivity contribution in [1.82, 2.24) is 24.1 Å². The molecule has 0 spiro atoms. The van der Waals surface area contributed by atoms with Gasteiger partial charge in [0.25, 0.3) is 0 Å². The molecule has 4 aromatic rings. The van der Waals surface area contributed by atoms with Gasteiger partial charge in [-0.25, -0.2) is 14.5 Å². The highest BCUT2D eigenvalue weighted by Gasteiger charge is 2.34. The van der Waals surface area contributed by atoms with E-state index in [9.17, 15) is 0 Å². The lowest BCUT2D eigenvalue weighted by molar-refractivity contribution is -0.0307. The number of fused-ring (bicyclic) bond motifs is 1. The molecule has 1 fully saturated rings. The minimum Gasteiger partial charge on any atom is -0.382 e. The average Bonchev–Trinajstić information content (AvgIpc) is 3.34. The summed E-state index contributed by atoms with van der Waals surface area (Å²) in [6.07, 6.45) is 7.90. The minimum atomic E-state index is 0.262. The first-order valence-corrected chi connectivity index (χ1v) is 10.5. The summed E-state index contributed by atoms with van der Waals surface area (Å²) in [5.74, 6) is 2.03. The maximum Gasteiger partial charge on any atom is 0.218 e. The van der Waals surface area contributed by atoms with Gasteiger partial charge in [0, 0.05) is 38.3 Å². The fourth-order valence-electron chi connectivity index (χ4n) is 4.28. The Bertz CT molecular complexity index is 1190. The zero-order chi connectivity index (χ0) is 21.4. The van der Waals surface area contributed by atoms with Crippen molar-refractivity contribution in [2.45, 2.75) is 24.9 Å². The Morgan fingerprint density at radius 3 is 2.68 bits per heavy atom. The van der Waals surface area contributed by atoms with Gasteiger partial charge in [-0.3, -0.25) is 0 Å². The van der Waals surface area contributed by atoms with Gasteiger partial charge in [0.15, 0.2) is 11.6 Å². The van der Waals surface area contributed by atoms with Gasteiger partial charge in [0.2, 0.25) is 5.82 Å². The molecule has 160 valence electrons. The highest BCUT2D eigenvalue weighted by Crippen LogP contribution is 2.45. The zero-order valence-corrected chi connectivity index (χ0v) is 17.7. The number of methoxy groups -OCH3 is 1. The van der Waals surface area contributed by atoms with Gasteiger partial charge in [0.1, 0.15) is 5.52 Å². The van der Waals surface area contributed by atoms with Crippen LogP contribution < -0.4 is 5.73 Å². The second-order valence-corrected chi connectivity index (χ2v) is 7.95. The van der Waals surface area contributed by atoms with Crippen molar-refractivity contribution in [2.75, 3.05) is 26.1 Å². The molecule has 1 saturated carbocycles. The number of nitrogens with two attached hydrogens (primary N) is 1. The van der Waals surface area contributed by atoms with Gasteiger partial charge in [-0.15, -0.1) is 5.10 Å². The smallest absolute Gasteiger partial charge is 0.218 e. The summed E-state index contributed by atoms with van der Waals surface area (Å²) in [6, 6.07) is 10.3. The number of nitrogen functional groups attached to an aromatic ring is 1. The van der Waals surface area contributed by atoms with Crippen LogP contribution in [-0.4, -0.2) is 50.6 Å². The molecule has 1 aromatic carbocycles.